The first-order chi connectivity index (χ1) is 9.26. The predicted octanol–water partition coefficient (Wildman–Crippen LogP) is 4.84. The van der Waals surface area contributed by atoms with Gasteiger partial charge in [0.15, 0.2) is 0 Å². The van der Waals surface area contributed by atoms with Crippen LogP contribution < -0.4 is 0 Å². The summed E-state index contributed by atoms with van der Waals surface area (Å²) in [5.41, 5.74) is 1.49. The van der Waals surface area contributed by atoms with Crippen LogP contribution in [0.15, 0.2) is 36.4 Å². The summed E-state index contributed by atoms with van der Waals surface area (Å²) < 4.78 is 0. The van der Waals surface area contributed by atoms with Gasteiger partial charge in [-0.1, -0.05) is 55.8 Å². The standard InChI is InChI=1S/C19H23/c1-4-16(5-2)15(3)17-11-13-19(14-12-17)18-9-7-6-8-10-18/h1-2,4,6-10,15-17,19H,11-14H2,3H3. The topological polar surface area (TPSA) is 0 Å². The van der Waals surface area contributed by atoms with Crippen LogP contribution in [0.3, 0.4) is 0 Å². The summed E-state index contributed by atoms with van der Waals surface area (Å²) in [6.45, 7) is 7.89. The molecule has 2 rings (SSSR count). The lowest BCUT2D eigenvalue weighted by molar-refractivity contribution is 0.226. The molecule has 0 N–H and O–H groups in total. The van der Waals surface area contributed by atoms with Crippen molar-refractivity contribution in [3.05, 3.63) is 48.6 Å². The molecule has 99 valence electrons. The Labute approximate surface area is 117 Å². The average molecular weight is 251 g/mol. The van der Waals surface area contributed by atoms with E-state index in [4.69, 9.17) is 13.0 Å². The molecule has 2 atom stereocenters. The van der Waals surface area contributed by atoms with Gasteiger partial charge in [0.25, 0.3) is 0 Å². The summed E-state index contributed by atoms with van der Waals surface area (Å²) in [6, 6.07) is 10.9. The van der Waals surface area contributed by atoms with Crippen LogP contribution >= 0.6 is 0 Å². The number of rotatable bonds is 4. The zero-order chi connectivity index (χ0) is 13.7. The third kappa shape index (κ3) is 3.29. The zero-order valence-corrected chi connectivity index (χ0v) is 11.8. The van der Waals surface area contributed by atoms with E-state index in [1.165, 1.54) is 31.2 Å². The number of hydrogen-bond acceptors (Lipinski definition) is 0. The van der Waals surface area contributed by atoms with Gasteiger partial charge in [-0.3, -0.25) is 0 Å². The van der Waals surface area contributed by atoms with E-state index < -0.39 is 0 Å². The molecule has 2 unspecified atom stereocenters. The molecule has 1 aromatic carbocycles. The minimum Gasteiger partial charge on any atom is -0.119 e. The van der Waals surface area contributed by atoms with E-state index in [0.717, 1.165) is 11.8 Å². The molecule has 0 spiro atoms. The minimum absolute atomic E-state index is 0.123. The second kappa shape index (κ2) is 6.62. The highest BCUT2D eigenvalue weighted by Crippen LogP contribution is 2.40. The molecule has 1 aliphatic carbocycles. The van der Waals surface area contributed by atoms with E-state index in [0.29, 0.717) is 5.92 Å². The SMILES string of the molecule is [CH]=CC(C#C)C(C)C1CCC(c2ccccc2)CC1. The second-order valence-corrected chi connectivity index (χ2v) is 5.77. The lowest BCUT2D eigenvalue weighted by Gasteiger charge is -2.34. The third-order valence-electron chi connectivity index (χ3n) is 4.75. The average Bonchev–Trinajstić information content (AvgIpc) is 2.49. The van der Waals surface area contributed by atoms with E-state index in [1.54, 1.807) is 6.08 Å². The Hall–Kier alpha value is -1.48. The van der Waals surface area contributed by atoms with Crippen molar-refractivity contribution < 1.29 is 0 Å². The molecule has 1 aromatic rings. The lowest BCUT2D eigenvalue weighted by atomic mass is 9.71. The summed E-state index contributed by atoms with van der Waals surface area (Å²) >= 11 is 0. The zero-order valence-electron chi connectivity index (χ0n) is 11.8. The Morgan fingerprint density at radius 1 is 1.16 bits per heavy atom. The van der Waals surface area contributed by atoms with Crippen LogP contribution in [0.1, 0.15) is 44.1 Å². The van der Waals surface area contributed by atoms with Gasteiger partial charge in [0.05, 0.1) is 0 Å². The first-order valence-corrected chi connectivity index (χ1v) is 7.32. The Morgan fingerprint density at radius 3 is 2.32 bits per heavy atom. The molecule has 1 radical (unpaired) electrons. The van der Waals surface area contributed by atoms with Gasteiger partial charge in [-0.15, -0.1) is 6.42 Å². The number of hydrogen-bond donors (Lipinski definition) is 0. The molecule has 19 heavy (non-hydrogen) atoms. The third-order valence-corrected chi connectivity index (χ3v) is 4.75. The van der Waals surface area contributed by atoms with Crippen molar-refractivity contribution in [3.8, 4) is 12.3 Å². The van der Waals surface area contributed by atoms with Crippen LogP contribution in [0.5, 0.6) is 0 Å². The van der Waals surface area contributed by atoms with Crippen LogP contribution in [0.2, 0.25) is 0 Å². The minimum atomic E-state index is 0.123. The summed E-state index contributed by atoms with van der Waals surface area (Å²) in [5.74, 6) is 4.90. The van der Waals surface area contributed by atoms with Crippen molar-refractivity contribution in [2.24, 2.45) is 17.8 Å². The van der Waals surface area contributed by atoms with Gasteiger partial charge in [-0.25, -0.2) is 0 Å². The highest BCUT2D eigenvalue weighted by atomic mass is 14.3. The van der Waals surface area contributed by atoms with E-state index in [1.807, 2.05) is 0 Å². The lowest BCUT2D eigenvalue weighted by Crippen LogP contribution is -2.23. The quantitative estimate of drug-likeness (QED) is 0.672. The maximum absolute atomic E-state index is 5.64. The summed E-state index contributed by atoms with van der Waals surface area (Å²) in [4.78, 5) is 0. The van der Waals surface area contributed by atoms with Gasteiger partial charge in [-0.2, -0.15) is 0 Å². The fraction of sp³-hybridized carbons (Fsp3) is 0.474. The van der Waals surface area contributed by atoms with Crippen LogP contribution in [-0.2, 0) is 0 Å². The highest BCUT2D eigenvalue weighted by molar-refractivity contribution is 5.20. The van der Waals surface area contributed by atoms with Crippen LogP contribution in [-0.4, -0.2) is 0 Å². The maximum atomic E-state index is 5.64. The van der Waals surface area contributed by atoms with E-state index in [9.17, 15) is 0 Å². The molecule has 0 nitrogen and oxygen atoms in total. The van der Waals surface area contributed by atoms with Crippen molar-refractivity contribution in [2.45, 2.75) is 38.5 Å². The Kier molecular flexibility index (Phi) is 4.86. The fourth-order valence-electron chi connectivity index (χ4n) is 3.38. The Bertz CT molecular complexity index is 429. The molecule has 1 aliphatic rings. The first-order valence-electron chi connectivity index (χ1n) is 7.32. The molecular weight excluding hydrogens is 228 g/mol. The monoisotopic (exact) mass is 251 g/mol. The Morgan fingerprint density at radius 2 is 1.79 bits per heavy atom. The number of benzene rings is 1. The molecule has 0 heterocycles. The van der Waals surface area contributed by atoms with Crippen molar-refractivity contribution in [1.29, 1.82) is 0 Å². The summed E-state index contributed by atoms with van der Waals surface area (Å²) in [6.07, 6.45) is 12.3. The smallest absolute Gasteiger partial charge is 0.0411 e. The van der Waals surface area contributed by atoms with E-state index in [-0.39, 0.29) is 5.92 Å². The van der Waals surface area contributed by atoms with Gasteiger partial charge in [-0.05, 0) is 49.0 Å². The van der Waals surface area contributed by atoms with Crippen LogP contribution in [0.4, 0.5) is 0 Å². The number of allylic oxidation sites excluding steroid dienone is 1. The molecule has 1 saturated carbocycles. The van der Waals surface area contributed by atoms with Crippen molar-refractivity contribution in [1.82, 2.24) is 0 Å². The highest BCUT2D eigenvalue weighted by Gasteiger charge is 2.28. The van der Waals surface area contributed by atoms with Crippen LogP contribution in [0, 0.1) is 36.7 Å². The van der Waals surface area contributed by atoms with Crippen molar-refractivity contribution in [3.63, 3.8) is 0 Å². The molecule has 0 aromatic heterocycles. The summed E-state index contributed by atoms with van der Waals surface area (Å²) in [7, 11) is 0. The fourth-order valence-corrected chi connectivity index (χ4v) is 3.38. The first kappa shape index (κ1) is 13.9. The predicted molar refractivity (Wildman–Crippen MR) is 81.5 cm³/mol. The molecule has 0 amide bonds. The van der Waals surface area contributed by atoms with E-state index in [2.05, 4.69) is 43.2 Å². The normalized spacial score (nSPS) is 26.1. The van der Waals surface area contributed by atoms with Gasteiger partial charge in [0, 0.05) is 5.92 Å². The molecule has 0 heteroatoms. The van der Waals surface area contributed by atoms with Gasteiger partial charge >= 0.3 is 0 Å². The van der Waals surface area contributed by atoms with Gasteiger partial charge in [0.2, 0.25) is 0 Å². The summed E-state index contributed by atoms with van der Waals surface area (Å²) in [5, 5.41) is 0. The van der Waals surface area contributed by atoms with Crippen molar-refractivity contribution in [2.75, 3.05) is 0 Å². The Balaban J connectivity index is 1.93. The molecular formula is C19H23. The maximum Gasteiger partial charge on any atom is 0.0411 e. The van der Waals surface area contributed by atoms with Crippen LogP contribution in [0.25, 0.3) is 0 Å². The number of terminal acetylenes is 1. The molecule has 0 aliphatic heterocycles. The molecule has 1 fully saturated rings. The van der Waals surface area contributed by atoms with Gasteiger partial charge < -0.3 is 0 Å². The van der Waals surface area contributed by atoms with Crippen molar-refractivity contribution >= 4 is 0 Å². The van der Waals surface area contributed by atoms with E-state index >= 15 is 0 Å². The molecule has 0 bridgehead atoms. The molecule has 0 saturated heterocycles. The second-order valence-electron chi connectivity index (χ2n) is 5.77. The van der Waals surface area contributed by atoms with Gasteiger partial charge in [0.1, 0.15) is 0 Å². The largest absolute Gasteiger partial charge is 0.119 e.